The van der Waals surface area contributed by atoms with Crippen molar-refractivity contribution in [2.45, 2.75) is 18.9 Å². The van der Waals surface area contributed by atoms with Gasteiger partial charge in [0.1, 0.15) is 11.2 Å². The van der Waals surface area contributed by atoms with Crippen LogP contribution in [-0.2, 0) is 16.8 Å². The summed E-state index contributed by atoms with van der Waals surface area (Å²) in [5, 5.41) is 18.4. The van der Waals surface area contributed by atoms with Crippen molar-refractivity contribution in [1.82, 2.24) is 0 Å². The largest absolute Gasteiger partial charge is 0.496 e. The summed E-state index contributed by atoms with van der Waals surface area (Å²) in [4.78, 5) is 11.1. The molecule has 0 saturated heterocycles. The molecule has 0 aromatic heterocycles. The first-order chi connectivity index (χ1) is 8.51. The van der Waals surface area contributed by atoms with Gasteiger partial charge in [0.25, 0.3) is 0 Å². The van der Waals surface area contributed by atoms with Crippen LogP contribution in [0.5, 0.6) is 5.75 Å². The van der Waals surface area contributed by atoms with Crippen molar-refractivity contribution < 1.29 is 19.4 Å². The predicted molar refractivity (Wildman–Crippen MR) is 62.6 cm³/mol. The number of fused-ring (bicyclic) bond motifs is 1. The van der Waals surface area contributed by atoms with Crippen LogP contribution >= 0.6 is 0 Å². The average Bonchev–Trinajstić information content (AvgIpc) is 2.38. The maximum Gasteiger partial charge on any atom is 0.335 e. The molecule has 0 aliphatic carbocycles. The second-order valence-electron chi connectivity index (χ2n) is 4.45. The Hall–Kier alpha value is -2.06. The molecule has 1 aliphatic heterocycles. The van der Waals surface area contributed by atoms with E-state index in [0.717, 1.165) is 5.56 Å². The molecule has 0 amide bonds. The topological polar surface area (TPSA) is 79.6 Å². The normalized spacial score (nSPS) is 21.8. The Bertz CT molecular complexity index is 547. The maximum atomic E-state index is 11.1. The third kappa shape index (κ3) is 1.81. The van der Waals surface area contributed by atoms with E-state index in [9.17, 15) is 10.1 Å². The van der Waals surface area contributed by atoms with E-state index in [-0.39, 0.29) is 12.2 Å². The van der Waals surface area contributed by atoms with E-state index < -0.39 is 11.4 Å². The first-order valence-corrected chi connectivity index (χ1v) is 5.45. The molecule has 1 heterocycles. The third-order valence-electron chi connectivity index (χ3n) is 3.15. The standard InChI is InChI=1S/C13H13NO4/c1-13(6-14)7-18-5-9-10(13)3-8(12(15)16)4-11(9)17-2/h3-4H,5,7H2,1-2H3,(H,15,16)/t13-/m1/s1. The lowest BCUT2D eigenvalue weighted by Crippen LogP contribution is -2.32. The molecule has 1 atom stereocenters. The van der Waals surface area contributed by atoms with Crippen molar-refractivity contribution in [3.8, 4) is 11.8 Å². The van der Waals surface area contributed by atoms with Crippen LogP contribution in [0.2, 0.25) is 0 Å². The molecule has 1 N–H and O–H groups in total. The van der Waals surface area contributed by atoms with Crippen molar-refractivity contribution in [2.24, 2.45) is 0 Å². The summed E-state index contributed by atoms with van der Waals surface area (Å²) in [6.07, 6.45) is 0. The summed E-state index contributed by atoms with van der Waals surface area (Å²) in [5.41, 5.74) is 0.701. The van der Waals surface area contributed by atoms with E-state index in [1.165, 1.54) is 19.2 Å². The first kappa shape index (κ1) is 12.4. The molecule has 1 aromatic rings. The van der Waals surface area contributed by atoms with E-state index >= 15 is 0 Å². The number of benzene rings is 1. The fraction of sp³-hybridized carbons (Fsp3) is 0.385. The summed E-state index contributed by atoms with van der Waals surface area (Å²) in [6, 6.07) is 5.17. The van der Waals surface area contributed by atoms with E-state index in [2.05, 4.69) is 6.07 Å². The molecule has 18 heavy (non-hydrogen) atoms. The molecular formula is C13H13NO4. The maximum absolute atomic E-state index is 11.1. The van der Waals surface area contributed by atoms with Gasteiger partial charge in [-0.1, -0.05) is 0 Å². The molecule has 5 nitrogen and oxygen atoms in total. The van der Waals surface area contributed by atoms with Crippen molar-refractivity contribution in [1.29, 1.82) is 5.26 Å². The highest BCUT2D eigenvalue weighted by molar-refractivity contribution is 5.89. The van der Waals surface area contributed by atoms with Gasteiger partial charge in [-0.15, -0.1) is 0 Å². The molecule has 5 heteroatoms. The van der Waals surface area contributed by atoms with E-state index in [1.807, 2.05) is 0 Å². The zero-order valence-corrected chi connectivity index (χ0v) is 10.2. The molecular weight excluding hydrogens is 234 g/mol. The third-order valence-corrected chi connectivity index (χ3v) is 3.15. The monoisotopic (exact) mass is 247 g/mol. The Morgan fingerprint density at radius 3 is 2.89 bits per heavy atom. The van der Waals surface area contributed by atoms with Crippen molar-refractivity contribution in [3.05, 3.63) is 28.8 Å². The highest BCUT2D eigenvalue weighted by Crippen LogP contribution is 2.37. The zero-order chi connectivity index (χ0) is 13.3. The van der Waals surface area contributed by atoms with Crippen LogP contribution in [-0.4, -0.2) is 24.8 Å². The summed E-state index contributed by atoms with van der Waals surface area (Å²) < 4.78 is 10.6. The van der Waals surface area contributed by atoms with Gasteiger partial charge in [0.2, 0.25) is 0 Å². The Balaban J connectivity index is 2.70. The number of carboxylic acids is 1. The summed E-state index contributed by atoms with van der Waals surface area (Å²) in [7, 11) is 1.47. The van der Waals surface area contributed by atoms with E-state index in [0.29, 0.717) is 17.9 Å². The van der Waals surface area contributed by atoms with Gasteiger partial charge in [-0.05, 0) is 24.6 Å². The minimum absolute atomic E-state index is 0.119. The predicted octanol–water partition coefficient (Wildman–Crippen LogP) is 1.70. The zero-order valence-electron chi connectivity index (χ0n) is 10.2. The summed E-state index contributed by atoms with van der Waals surface area (Å²) >= 11 is 0. The summed E-state index contributed by atoms with van der Waals surface area (Å²) in [5.74, 6) is -0.589. The molecule has 94 valence electrons. The summed E-state index contributed by atoms with van der Waals surface area (Å²) in [6.45, 7) is 2.31. The van der Waals surface area contributed by atoms with Crippen LogP contribution in [0.4, 0.5) is 0 Å². The Morgan fingerprint density at radius 2 is 2.33 bits per heavy atom. The van der Waals surface area contributed by atoms with Crippen LogP contribution in [0.3, 0.4) is 0 Å². The molecule has 2 rings (SSSR count). The lowest BCUT2D eigenvalue weighted by atomic mass is 9.79. The van der Waals surface area contributed by atoms with Crippen molar-refractivity contribution in [2.75, 3.05) is 13.7 Å². The van der Waals surface area contributed by atoms with Gasteiger partial charge in [-0.3, -0.25) is 0 Å². The van der Waals surface area contributed by atoms with Crippen LogP contribution < -0.4 is 4.74 Å². The van der Waals surface area contributed by atoms with Crippen LogP contribution in [0, 0.1) is 11.3 Å². The molecule has 0 saturated carbocycles. The smallest absolute Gasteiger partial charge is 0.335 e. The average molecular weight is 247 g/mol. The minimum Gasteiger partial charge on any atom is -0.496 e. The van der Waals surface area contributed by atoms with Gasteiger partial charge in [0.05, 0.1) is 32.0 Å². The SMILES string of the molecule is COc1cc(C(=O)O)cc2c1COC[C@@]2(C)C#N. The quantitative estimate of drug-likeness (QED) is 0.860. The number of aromatic carboxylic acids is 1. The lowest BCUT2D eigenvalue weighted by molar-refractivity contribution is 0.0684. The number of rotatable bonds is 2. The van der Waals surface area contributed by atoms with Crippen LogP contribution in [0.15, 0.2) is 12.1 Å². The number of nitrogens with zero attached hydrogens (tertiary/aromatic N) is 1. The molecule has 0 unspecified atom stereocenters. The molecule has 1 aromatic carbocycles. The van der Waals surface area contributed by atoms with Crippen LogP contribution in [0.1, 0.15) is 28.4 Å². The van der Waals surface area contributed by atoms with E-state index in [1.54, 1.807) is 6.92 Å². The fourth-order valence-electron chi connectivity index (χ4n) is 2.12. The van der Waals surface area contributed by atoms with Gasteiger partial charge in [0.15, 0.2) is 0 Å². The second kappa shape index (κ2) is 4.31. The second-order valence-corrected chi connectivity index (χ2v) is 4.45. The van der Waals surface area contributed by atoms with Gasteiger partial charge >= 0.3 is 5.97 Å². The Morgan fingerprint density at radius 1 is 1.61 bits per heavy atom. The van der Waals surface area contributed by atoms with Gasteiger partial charge in [-0.2, -0.15) is 5.26 Å². The minimum atomic E-state index is -1.04. The number of hydrogen-bond acceptors (Lipinski definition) is 4. The van der Waals surface area contributed by atoms with Gasteiger partial charge < -0.3 is 14.6 Å². The van der Waals surface area contributed by atoms with Crippen molar-refractivity contribution in [3.63, 3.8) is 0 Å². The Labute approximate surface area is 105 Å². The van der Waals surface area contributed by atoms with Crippen molar-refractivity contribution >= 4 is 5.97 Å². The molecule has 0 radical (unpaired) electrons. The molecule has 1 aliphatic rings. The number of ether oxygens (including phenoxy) is 2. The number of methoxy groups -OCH3 is 1. The fourth-order valence-corrected chi connectivity index (χ4v) is 2.12. The van der Waals surface area contributed by atoms with E-state index in [4.69, 9.17) is 14.6 Å². The first-order valence-electron chi connectivity index (χ1n) is 5.45. The van der Waals surface area contributed by atoms with Gasteiger partial charge in [-0.25, -0.2) is 4.79 Å². The highest BCUT2D eigenvalue weighted by atomic mass is 16.5. The molecule has 0 fully saturated rings. The van der Waals surface area contributed by atoms with Gasteiger partial charge in [0, 0.05) is 5.56 Å². The lowest BCUT2D eigenvalue weighted by Gasteiger charge is -2.31. The number of carboxylic acid groups (broad SMARTS) is 1. The number of nitriles is 1. The highest BCUT2D eigenvalue weighted by Gasteiger charge is 2.35. The Kier molecular flexibility index (Phi) is 2.97. The van der Waals surface area contributed by atoms with Crippen LogP contribution in [0.25, 0.3) is 0 Å². The number of carbonyl (C=O) groups is 1. The number of hydrogen-bond donors (Lipinski definition) is 1. The molecule has 0 spiro atoms. The molecule has 0 bridgehead atoms.